The second-order valence-corrected chi connectivity index (χ2v) is 5.91. The van der Waals surface area contributed by atoms with Gasteiger partial charge in [-0.3, -0.25) is 4.79 Å². The third kappa shape index (κ3) is 2.73. The van der Waals surface area contributed by atoms with Crippen LogP contribution in [0.1, 0.15) is 15.2 Å². The zero-order chi connectivity index (χ0) is 15.0. The molecule has 2 aromatic carbocycles. The van der Waals surface area contributed by atoms with E-state index >= 15 is 0 Å². The highest BCUT2D eigenvalue weighted by atomic mass is 32.1. The van der Waals surface area contributed by atoms with Gasteiger partial charge < -0.3 is 11.1 Å². The normalized spacial score (nSPS) is 10.8. The standard InChI is InChI=1S/C16H13FN2OS/c1-9-2-5-12(18)8-13(9)19-16(20)15-6-10-3-4-11(17)7-14(10)21-15/h2-8H,18H2,1H3,(H,19,20). The summed E-state index contributed by atoms with van der Waals surface area (Å²) in [6, 6.07) is 11.6. The second-order valence-electron chi connectivity index (χ2n) is 4.82. The summed E-state index contributed by atoms with van der Waals surface area (Å²) in [5.74, 6) is -0.520. The van der Waals surface area contributed by atoms with E-state index < -0.39 is 0 Å². The van der Waals surface area contributed by atoms with Gasteiger partial charge in [0.05, 0.1) is 4.88 Å². The van der Waals surface area contributed by atoms with E-state index in [0.29, 0.717) is 16.3 Å². The number of aryl methyl sites for hydroxylation is 1. The number of carbonyl (C=O) groups is 1. The predicted octanol–water partition coefficient (Wildman–Crippen LogP) is 4.18. The number of nitrogens with two attached hydrogens (primary N) is 1. The Bertz CT molecular complexity index is 841. The fraction of sp³-hybridized carbons (Fsp3) is 0.0625. The van der Waals surface area contributed by atoms with Crippen molar-refractivity contribution in [1.29, 1.82) is 0 Å². The Morgan fingerprint density at radius 2 is 2.00 bits per heavy atom. The number of halogens is 1. The SMILES string of the molecule is Cc1ccc(N)cc1NC(=O)c1cc2ccc(F)cc2s1. The summed E-state index contributed by atoms with van der Waals surface area (Å²) in [5, 5.41) is 3.70. The van der Waals surface area contributed by atoms with Crippen molar-refractivity contribution in [3.63, 3.8) is 0 Å². The molecule has 3 N–H and O–H groups in total. The number of benzene rings is 2. The van der Waals surface area contributed by atoms with Gasteiger partial charge in [-0.15, -0.1) is 11.3 Å². The van der Waals surface area contributed by atoms with E-state index in [-0.39, 0.29) is 11.7 Å². The van der Waals surface area contributed by atoms with Gasteiger partial charge in [-0.05, 0) is 48.2 Å². The summed E-state index contributed by atoms with van der Waals surface area (Å²) in [5.41, 5.74) is 7.94. The molecule has 0 aliphatic heterocycles. The van der Waals surface area contributed by atoms with Gasteiger partial charge in [-0.2, -0.15) is 0 Å². The highest BCUT2D eigenvalue weighted by molar-refractivity contribution is 7.20. The first-order valence-electron chi connectivity index (χ1n) is 6.39. The van der Waals surface area contributed by atoms with Gasteiger partial charge >= 0.3 is 0 Å². The number of fused-ring (bicyclic) bond motifs is 1. The van der Waals surface area contributed by atoms with Crippen LogP contribution >= 0.6 is 11.3 Å². The summed E-state index contributed by atoms with van der Waals surface area (Å²) in [6.07, 6.45) is 0. The van der Waals surface area contributed by atoms with Crippen LogP contribution in [0.3, 0.4) is 0 Å². The second kappa shape index (κ2) is 5.18. The van der Waals surface area contributed by atoms with Gasteiger partial charge in [0.25, 0.3) is 5.91 Å². The lowest BCUT2D eigenvalue weighted by molar-refractivity contribution is 0.103. The first-order chi connectivity index (χ1) is 10.0. The van der Waals surface area contributed by atoms with E-state index in [4.69, 9.17) is 5.73 Å². The molecule has 21 heavy (non-hydrogen) atoms. The monoisotopic (exact) mass is 300 g/mol. The molecule has 0 spiro atoms. The number of amides is 1. The lowest BCUT2D eigenvalue weighted by atomic mass is 10.2. The van der Waals surface area contributed by atoms with Crippen LogP contribution in [0.15, 0.2) is 42.5 Å². The van der Waals surface area contributed by atoms with E-state index in [0.717, 1.165) is 15.6 Å². The van der Waals surface area contributed by atoms with Crippen LogP contribution in [0, 0.1) is 12.7 Å². The van der Waals surface area contributed by atoms with Crippen LogP contribution in [0.25, 0.3) is 10.1 Å². The van der Waals surface area contributed by atoms with Gasteiger partial charge in [0.1, 0.15) is 5.82 Å². The van der Waals surface area contributed by atoms with Crippen molar-refractivity contribution in [2.75, 3.05) is 11.1 Å². The molecule has 106 valence electrons. The van der Waals surface area contributed by atoms with Crippen molar-refractivity contribution in [3.8, 4) is 0 Å². The Morgan fingerprint density at radius 1 is 1.19 bits per heavy atom. The lowest BCUT2D eigenvalue weighted by Crippen LogP contribution is -2.11. The molecule has 5 heteroatoms. The molecular formula is C16H13FN2OS. The van der Waals surface area contributed by atoms with Crippen LogP contribution in [0.4, 0.5) is 15.8 Å². The Hall–Kier alpha value is -2.40. The molecule has 0 radical (unpaired) electrons. The summed E-state index contributed by atoms with van der Waals surface area (Å²) in [7, 11) is 0. The number of hydrogen-bond donors (Lipinski definition) is 2. The van der Waals surface area contributed by atoms with Gasteiger partial charge in [0.2, 0.25) is 0 Å². The molecule has 0 saturated heterocycles. The molecule has 3 rings (SSSR count). The van der Waals surface area contributed by atoms with Crippen LogP contribution < -0.4 is 11.1 Å². The van der Waals surface area contributed by atoms with Crippen molar-refractivity contribution in [3.05, 3.63) is 58.7 Å². The molecule has 1 heterocycles. The van der Waals surface area contributed by atoms with Crippen molar-refractivity contribution in [2.45, 2.75) is 6.92 Å². The van der Waals surface area contributed by atoms with Gasteiger partial charge in [0.15, 0.2) is 0 Å². The maximum Gasteiger partial charge on any atom is 0.265 e. The maximum atomic E-state index is 13.2. The third-order valence-corrected chi connectivity index (χ3v) is 4.31. The van der Waals surface area contributed by atoms with Gasteiger partial charge in [-0.25, -0.2) is 4.39 Å². The van der Waals surface area contributed by atoms with Gasteiger partial charge in [-0.1, -0.05) is 12.1 Å². The van der Waals surface area contributed by atoms with Crippen molar-refractivity contribution in [2.24, 2.45) is 0 Å². The highest BCUT2D eigenvalue weighted by Crippen LogP contribution is 2.27. The van der Waals surface area contributed by atoms with E-state index in [9.17, 15) is 9.18 Å². The molecule has 0 atom stereocenters. The van der Waals surface area contributed by atoms with Crippen molar-refractivity contribution < 1.29 is 9.18 Å². The molecule has 1 aromatic heterocycles. The number of hydrogen-bond acceptors (Lipinski definition) is 3. The van der Waals surface area contributed by atoms with E-state index in [1.165, 1.54) is 23.5 Å². The Morgan fingerprint density at radius 3 is 2.81 bits per heavy atom. The average molecular weight is 300 g/mol. The number of nitrogens with one attached hydrogen (secondary N) is 1. The van der Waals surface area contributed by atoms with E-state index in [1.807, 2.05) is 13.0 Å². The molecule has 0 bridgehead atoms. The Labute approximate surface area is 125 Å². The number of carbonyl (C=O) groups excluding carboxylic acids is 1. The molecule has 3 aromatic rings. The minimum absolute atomic E-state index is 0.217. The summed E-state index contributed by atoms with van der Waals surface area (Å²) in [6.45, 7) is 1.90. The maximum absolute atomic E-state index is 13.2. The van der Waals surface area contributed by atoms with Crippen LogP contribution in [0.2, 0.25) is 0 Å². The third-order valence-electron chi connectivity index (χ3n) is 3.22. The fourth-order valence-electron chi connectivity index (χ4n) is 2.08. The Kier molecular flexibility index (Phi) is 3.35. The quantitative estimate of drug-likeness (QED) is 0.697. The van der Waals surface area contributed by atoms with Crippen molar-refractivity contribution in [1.82, 2.24) is 0 Å². The molecule has 0 saturated carbocycles. The lowest BCUT2D eigenvalue weighted by Gasteiger charge is -2.08. The minimum atomic E-state index is -0.303. The van der Waals surface area contributed by atoms with E-state index in [1.54, 1.807) is 24.3 Å². The van der Waals surface area contributed by atoms with Crippen LogP contribution in [-0.4, -0.2) is 5.91 Å². The molecule has 0 aliphatic rings. The number of nitrogen functional groups attached to an aromatic ring is 1. The van der Waals surface area contributed by atoms with Crippen LogP contribution in [0.5, 0.6) is 0 Å². The molecule has 3 nitrogen and oxygen atoms in total. The summed E-state index contributed by atoms with van der Waals surface area (Å²) >= 11 is 1.27. The molecular weight excluding hydrogens is 287 g/mol. The van der Waals surface area contributed by atoms with Crippen molar-refractivity contribution >= 4 is 38.7 Å². The topological polar surface area (TPSA) is 55.1 Å². The zero-order valence-electron chi connectivity index (χ0n) is 11.3. The smallest absolute Gasteiger partial charge is 0.265 e. The first-order valence-corrected chi connectivity index (χ1v) is 7.21. The summed E-state index contributed by atoms with van der Waals surface area (Å²) in [4.78, 5) is 12.8. The zero-order valence-corrected chi connectivity index (χ0v) is 12.1. The fourth-order valence-corrected chi connectivity index (χ4v) is 3.06. The minimum Gasteiger partial charge on any atom is -0.399 e. The number of rotatable bonds is 2. The molecule has 0 aliphatic carbocycles. The number of anilines is 2. The molecule has 0 fully saturated rings. The van der Waals surface area contributed by atoms with E-state index in [2.05, 4.69) is 5.32 Å². The Balaban J connectivity index is 1.91. The molecule has 0 unspecified atom stereocenters. The summed E-state index contributed by atoms with van der Waals surface area (Å²) < 4.78 is 13.9. The number of thiophene rings is 1. The molecule has 1 amide bonds. The first kappa shape index (κ1) is 13.6. The van der Waals surface area contributed by atoms with Gasteiger partial charge in [0, 0.05) is 16.1 Å². The predicted molar refractivity (Wildman–Crippen MR) is 85.3 cm³/mol. The largest absolute Gasteiger partial charge is 0.399 e. The highest BCUT2D eigenvalue weighted by Gasteiger charge is 2.12. The average Bonchev–Trinajstić information content (AvgIpc) is 2.86. The van der Waals surface area contributed by atoms with Crippen LogP contribution in [-0.2, 0) is 0 Å².